The van der Waals surface area contributed by atoms with Crippen LogP contribution < -0.4 is 16.4 Å². The second-order valence-corrected chi connectivity index (χ2v) is 2.88. The molecule has 1 fully saturated rings. The van der Waals surface area contributed by atoms with Crippen LogP contribution in [0.4, 0.5) is 0 Å². The molecule has 1 aliphatic heterocycles. The van der Waals surface area contributed by atoms with Gasteiger partial charge in [0, 0.05) is 12.6 Å². The molecule has 0 aromatic carbocycles. The van der Waals surface area contributed by atoms with Gasteiger partial charge in [0.1, 0.15) is 0 Å². The van der Waals surface area contributed by atoms with Gasteiger partial charge in [0.15, 0.2) is 0 Å². The highest BCUT2D eigenvalue weighted by atomic mass is 16.1. The van der Waals surface area contributed by atoms with Gasteiger partial charge < -0.3 is 16.4 Å². The van der Waals surface area contributed by atoms with E-state index >= 15 is 0 Å². The van der Waals surface area contributed by atoms with Crippen LogP contribution in [0, 0.1) is 0 Å². The number of primary amides is 1. The molecule has 0 radical (unpaired) electrons. The number of hydrogen-bond acceptors (Lipinski definition) is 3. The van der Waals surface area contributed by atoms with E-state index in [4.69, 9.17) is 0 Å². The summed E-state index contributed by atoms with van der Waals surface area (Å²) < 4.78 is 0. The summed E-state index contributed by atoms with van der Waals surface area (Å²) in [6.45, 7) is 4.08. The summed E-state index contributed by atoms with van der Waals surface area (Å²) in [6, 6.07) is 0.736. The van der Waals surface area contributed by atoms with Gasteiger partial charge in [-0.2, -0.15) is 0 Å². The molecule has 1 rings (SSSR count). The van der Waals surface area contributed by atoms with E-state index in [1.165, 1.54) is 19.0 Å². The maximum atomic E-state index is 9.73. The molecule has 1 aliphatic rings. The van der Waals surface area contributed by atoms with Crippen LogP contribution in [0.3, 0.4) is 0 Å². The third kappa shape index (κ3) is 7.49. The summed E-state index contributed by atoms with van der Waals surface area (Å²) >= 11 is 0. The summed E-state index contributed by atoms with van der Waals surface area (Å²) in [4.78, 5) is 9.73. The van der Waals surface area contributed by atoms with Gasteiger partial charge in [-0.05, 0) is 33.0 Å². The molecule has 76 valence electrons. The van der Waals surface area contributed by atoms with Crippen LogP contribution >= 0.6 is 0 Å². The number of likely N-dealkylation sites (N-methyl/N-ethyl adjacent to an activating group) is 1. The van der Waals surface area contributed by atoms with Crippen molar-refractivity contribution in [3.8, 4) is 0 Å². The van der Waals surface area contributed by atoms with Crippen molar-refractivity contribution in [1.82, 2.24) is 10.6 Å². The number of rotatable bonds is 2. The molecule has 0 unspecified atom stereocenters. The van der Waals surface area contributed by atoms with E-state index in [2.05, 4.69) is 16.4 Å². The second-order valence-electron chi connectivity index (χ2n) is 2.88. The Balaban J connectivity index is 0.000000226. The summed E-state index contributed by atoms with van der Waals surface area (Å²) in [5, 5.41) is 6.46. The number of carbonyl (C=O) groups is 1. The van der Waals surface area contributed by atoms with Crippen LogP contribution in [0.5, 0.6) is 0 Å². The number of amides is 1. The topological polar surface area (TPSA) is 67.2 Å². The molecule has 4 heteroatoms. The molecule has 4 nitrogen and oxygen atoms in total. The molecule has 1 saturated heterocycles. The van der Waals surface area contributed by atoms with Crippen LogP contribution in [0.1, 0.15) is 13.3 Å². The Morgan fingerprint density at radius 2 is 2.38 bits per heavy atom. The number of carbonyl (C=O) groups excluding carboxylic acids is 1. The van der Waals surface area contributed by atoms with Crippen molar-refractivity contribution in [3.05, 3.63) is 12.2 Å². The third-order valence-corrected chi connectivity index (χ3v) is 1.80. The lowest BCUT2D eigenvalue weighted by Gasteiger charge is -2.02. The molecule has 1 atom stereocenters. The summed E-state index contributed by atoms with van der Waals surface area (Å²) in [5.41, 5.74) is 4.68. The minimum Gasteiger partial charge on any atom is -0.366 e. The SMILES string of the molecule is C/C=C/C(N)=O.CN[C@H]1CCNC1. The lowest BCUT2D eigenvalue weighted by molar-refractivity contribution is -0.113. The fourth-order valence-corrected chi connectivity index (χ4v) is 1.07. The summed E-state index contributed by atoms with van der Waals surface area (Å²) in [6.07, 6.45) is 4.19. The Morgan fingerprint density at radius 3 is 2.54 bits per heavy atom. The van der Waals surface area contributed by atoms with E-state index < -0.39 is 5.91 Å². The van der Waals surface area contributed by atoms with Gasteiger partial charge in [-0.1, -0.05) is 6.08 Å². The van der Waals surface area contributed by atoms with Crippen LogP contribution in [-0.2, 0) is 4.79 Å². The smallest absolute Gasteiger partial charge is 0.241 e. The van der Waals surface area contributed by atoms with E-state index in [-0.39, 0.29) is 0 Å². The first-order chi connectivity index (χ1) is 6.20. The Bertz CT molecular complexity index is 162. The van der Waals surface area contributed by atoms with Crippen molar-refractivity contribution < 1.29 is 4.79 Å². The Labute approximate surface area is 79.6 Å². The largest absolute Gasteiger partial charge is 0.366 e. The minimum atomic E-state index is -0.391. The molecule has 0 spiro atoms. The van der Waals surface area contributed by atoms with Crippen molar-refractivity contribution in [2.45, 2.75) is 19.4 Å². The first kappa shape index (κ1) is 12.1. The lowest BCUT2D eigenvalue weighted by Crippen LogP contribution is -2.26. The minimum absolute atomic E-state index is 0.391. The molecular weight excluding hydrogens is 166 g/mol. The van der Waals surface area contributed by atoms with E-state index in [1.54, 1.807) is 13.0 Å². The third-order valence-electron chi connectivity index (χ3n) is 1.80. The van der Waals surface area contributed by atoms with E-state index in [9.17, 15) is 4.79 Å². The van der Waals surface area contributed by atoms with E-state index in [0.29, 0.717) is 0 Å². The zero-order chi connectivity index (χ0) is 10.1. The first-order valence-electron chi connectivity index (χ1n) is 4.50. The van der Waals surface area contributed by atoms with Gasteiger partial charge in [0.05, 0.1) is 0 Å². The Kier molecular flexibility index (Phi) is 7.24. The summed E-state index contributed by atoms with van der Waals surface area (Å²) in [5.74, 6) is -0.391. The quantitative estimate of drug-likeness (QED) is 0.514. The number of nitrogens with one attached hydrogen (secondary N) is 2. The standard InChI is InChI=1S/C5H12N2.C4H7NO/c1-6-5-2-3-7-4-5;1-2-3-4(5)6/h5-7H,2-4H2,1H3;2-3H,1H3,(H2,5,6)/b;3-2+/t5-;/m0./s1. The number of hydrogen-bond donors (Lipinski definition) is 3. The van der Waals surface area contributed by atoms with Crippen molar-refractivity contribution >= 4 is 5.91 Å². The van der Waals surface area contributed by atoms with Crippen LogP contribution in [-0.4, -0.2) is 32.1 Å². The average molecular weight is 185 g/mol. The number of allylic oxidation sites excluding steroid dienone is 1. The lowest BCUT2D eigenvalue weighted by atomic mass is 10.3. The zero-order valence-corrected chi connectivity index (χ0v) is 8.34. The van der Waals surface area contributed by atoms with Crippen LogP contribution in [0.2, 0.25) is 0 Å². The fourth-order valence-electron chi connectivity index (χ4n) is 1.07. The van der Waals surface area contributed by atoms with Gasteiger partial charge >= 0.3 is 0 Å². The highest BCUT2D eigenvalue weighted by molar-refractivity contribution is 5.85. The van der Waals surface area contributed by atoms with E-state index in [1.807, 2.05) is 7.05 Å². The maximum absolute atomic E-state index is 9.73. The Hall–Kier alpha value is -0.870. The van der Waals surface area contributed by atoms with Crippen molar-refractivity contribution in [3.63, 3.8) is 0 Å². The summed E-state index contributed by atoms with van der Waals surface area (Å²) in [7, 11) is 2.01. The van der Waals surface area contributed by atoms with Gasteiger partial charge in [-0.25, -0.2) is 0 Å². The highest BCUT2D eigenvalue weighted by Gasteiger charge is 2.09. The molecule has 0 bridgehead atoms. The highest BCUT2D eigenvalue weighted by Crippen LogP contribution is 1.93. The Morgan fingerprint density at radius 1 is 1.69 bits per heavy atom. The normalized spacial score (nSPS) is 21.2. The monoisotopic (exact) mass is 185 g/mol. The molecule has 1 heterocycles. The predicted octanol–water partition coefficient (Wildman–Crippen LogP) is -0.384. The predicted molar refractivity (Wildman–Crippen MR) is 54.3 cm³/mol. The molecular formula is C9H19N3O. The van der Waals surface area contributed by atoms with Crippen LogP contribution in [0.25, 0.3) is 0 Å². The fraction of sp³-hybridized carbons (Fsp3) is 0.667. The first-order valence-corrected chi connectivity index (χ1v) is 4.50. The van der Waals surface area contributed by atoms with E-state index in [0.717, 1.165) is 12.6 Å². The van der Waals surface area contributed by atoms with Crippen molar-refractivity contribution in [2.75, 3.05) is 20.1 Å². The zero-order valence-electron chi connectivity index (χ0n) is 8.34. The van der Waals surface area contributed by atoms with Gasteiger partial charge in [-0.3, -0.25) is 4.79 Å². The maximum Gasteiger partial charge on any atom is 0.241 e. The average Bonchev–Trinajstić information content (AvgIpc) is 2.56. The van der Waals surface area contributed by atoms with Crippen LogP contribution in [0.15, 0.2) is 12.2 Å². The molecule has 0 aliphatic carbocycles. The second kappa shape index (κ2) is 7.76. The molecule has 13 heavy (non-hydrogen) atoms. The van der Waals surface area contributed by atoms with Gasteiger partial charge in [0.25, 0.3) is 0 Å². The molecule has 1 amide bonds. The van der Waals surface area contributed by atoms with Gasteiger partial charge in [0.2, 0.25) is 5.91 Å². The number of nitrogens with two attached hydrogens (primary N) is 1. The molecule has 0 saturated carbocycles. The van der Waals surface area contributed by atoms with Crippen molar-refractivity contribution in [2.24, 2.45) is 5.73 Å². The molecule has 0 aromatic rings. The van der Waals surface area contributed by atoms with Crippen molar-refractivity contribution in [1.29, 1.82) is 0 Å². The van der Waals surface area contributed by atoms with Gasteiger partial charge in [-0.15, -0.1) is 0 Å². The molecule has 4 N–H and O–H groups in total. The molecule has 0 aromatic heterocycles.